The van der Waals surface area contributed by atoms with Gasteiger partial charge in [0, 0.05) is 12.0 Å². The van der Waals surface area contributed by atoms with Gasteiger partial charge in [-0.05, 0) is 62.2 Å². The zero-order valence-corrected chi connectivity index (χ0v) is 14.4. The average Bonchev–Trinajstić information content (AvgIpc) is 2.48. The summed E-state index contributed by atoms with van der Waals surface area (Å²) in [5, 5.41) is 5.92. The highest BCUT2D eigenvalue weighted by atomic mass is 16.2. The summed E-state index contributed by atoms with van der Waals surface area (Å²) in [5.74, 6) is 2.32. The van der Waals surface area contributed by atoms with E-state index in [1.807, 2.05) is 13.8 Å². The van der Waals surface area contributed by atoms with Crippen molar-refractivity contribution < 1.29 is 9.59 Å². The summed E-state index contributed by atoms with van der Waals surface area (Å²) in [6.07, 6.45) is 8.72. The molecule has 0 aromatic rings. The van der Waals surface area contributed by atoms with Crippen LogP contribution in [0.3, 0.4) is 0 Å². The van der Waals surface area contributed by atoms with Crippen molar-refractivity contribution in [1.29, 1.82) is 0 Å². The number of hydrogen-bond acceptors (Lipinski definition) is 2. The molecule has 1 unspecified atom stereocenters. The maximum atomic E-state index is 13.1. The van der Waals surface area contributed by atoms with Gasteiger partial charge in [-0.2, -0.15) is 0 Å². The second-order valence-electron chi connectivity index (χ2n) is 8.43. The van der Waals surface area contributed by atoms with Gasteiger partial charge in [-0.3, -0.25) is 9.59 Å². The Balaban J connectivity index is 1.69. The molecular weight excluding hydrogens is 288 g/mol. The van der Waals surface area contributed by atoms with Crippen LogP contribution in [0.1, 0.15) is 52.4 Å². The van der Waals surface area contributed by atoms with Gasteiger partial charge < -0.3 is 10.6 Å². The first kappa shape index (κ1) is 16.5. The molecule has 0 aliphatic heterocycles. The average molecular weight is 318 g/mol. The van der Waals surface area contributed by atoms with Crippen LogP contribution in [0.4, 0.5) is 0 Å². The molecular formula is C19H30N2O2. The monoisotopic (exact) mass is 318 g/mol. The smallest absolute Gasteiger partial charge is 0.243 e. The molecule has 0 heterocycles. The van der Waals surface area contributed by atoms with E-state index in [0.717, 1.165) is 37.0 Å². The van der Waals surface area contributed by atoms with Gasteiger partial charge in [0.25, 0.3) is 0 Å². The predicted octanol–water partition coefficient (Wildman–Crippen LogP) is 2.65. The highest BCUT2D eigenvalue weighted by Gasteiger charge is 2.55. The first-order valence-electron chi connectivity index (χ1n) is 9.13. The second kappa shape index (κ2) is 6.29. The molecule has 4 heteroatoms. The Morgan fingerprint density at radius 2 is 1.65 bits per heavy atom. The highest BCUT2D eigenvalue weighted by molar-refractivity contribution is 5.90. The summed E-state index contributed by atoms with van der Waals surface area (Å²) in [7, 11) is 0. The summed E-state index contributed by atoms with van der Waals surface area (Å²) >= 11 is 0. The van der Waals surface area contributed by atoms with E-state index in [0.29, 0.717) is 6.54 Å². The van der Waals surface area contributed by atoms with Crippen molar-refractivity contribution in [3.63, 3.8) is 0 Å². The fourth-order valence-corrected chi connectivity index (χ4v) is 5.50. The summed E-state index contributed by atoms with van der Waals surface area (Å²) < 4.78 is 0. The maximum absolute atomic E-state index is 13.1. The minimum absolute atomic E-state index is 0.0812. The molecule has 0 radical (unpaired) electrons. The van der Waals surface area contributed by atoms with E-state index >= 15 is 0 Å². The van der Waals surface area contributed by atoms with Crippen LogP contribution in [0.2, 0.25) is 0 Å². The van der Waals surface area contributed by atoms with E-state index < -0.39 is 6.04 Å². The van der Waals surface area contributed by atoms with E-state index in [1.165, 1.54) is 19.3 Å². The molecule has 0 aromatic heterocycles. The zero-order chi connectivity index (χ0) is 16.6. The normalized spacial score (nSPS) is 35.9. The van der Waals surface area contributed by atoms with Crippen LogP contribution in [0.15, 0.2) is 12.7 Å². The van der Waals surface area contributed by atoms with E-state index in [1.54, 1.807) is 6.08 Å². The third-order valence-electron chi connectivity index (χ3n) is 6.18. The van der Waals surface area contributed by atoms with Crippen LogP contribution in [0.5, 0.6) is 0 Å². The van der Waals surface area contributed by atoms with E-state index in [2.05, 4.69) is 17.2 Å². The minimum atomic E-state index is -0.449. The molecule has 4 nitrogen and oxygen atoms in total. The van der Waals surface area contributed by atoms with Crippen molar-refractivity contribution in [2.45, 2.75) is 58.4 Å². The van der Waals surface area contributed by atoms with Crippen LogP contribution in [0, 0.1) is 29.1 Å². The second-order valence-corrected chi connectivity index (χ2v) is 8.43. The Morgan fingerprint density at radius 1 is 1.13 bits per heavy atom. The van der Waals surface area contributed by atoms with Crippen molar-refractivity contribution in [2.24, 2.45) is 29.1 Å². The first-order valence-corrected chi connectivity index (χ1v) is 9.13. The SMILES string of the molecule is C=CCNC(=O)C(NC(=O)C12CC3CC(CC(C3)C1)C2)C(C)C. The van der Waals surface area contributed by atoms with Gasteiger partial charge in [0.15, 0.2) is 0 Å². The van der Waals surface area contributed by atoms with Gasteiger partial charge in [0.2, 0.25) is 11.8 Å². The Labute approximate surface area is 139 Å². The van der Waals surface area contributed by atoms with Gasteiger partial charge in [-0.15, -0.1) is 6.58 Å². The van der Waals surface area contributed by atoms with Crippen LogP contribution in [0.25, 0.3) is 0 Å². The van der Waals surface area contributed by atoms with Gasteiger partial charge >= 0.3 is 0 Å². The number of nitrogens with one attached hydrogen (secondary N) is 2. The van der Waals surface area contributed by atoms with Crippen LogP contribution >= 0.6 is 0 Å². The molecule has 4 aliphatic carbocycles. The van der Waals surface area contributed by atoms with Crippen molar-refractivity contribution in [3.8, 4) is 0 Å². The lowest BCUT2D eigenvalue weighted by molar-refractivity contribution is -0.149. The quantitative estimate of drug-likeness (QED) is 0.740. The largest absolute Gasteiger partial charge is 0.351 e. The lowest BCUT2D eigenvalue weighted by Gasteiger charge is -2.55. The molecule has 4 aliphatic rings. The Kier molecular flexibility index (Phi) is 4.52. The van der Waals surface area contributed by atoms with Crippen LogP contribution in [-0.2, 0) is 9.59 Å². The summed E-state index contributed by atoms with van der Waals surface area (Å²) in [6, 6.07) is -0.449. The molecule has 1 atom stereocenters. The summed E-state index contributed by atoms with van der Waals surface area (Å²) in [4.78, 5) is 25.4. The van der Waals surface area contributed by atoms with Gasteiger partial charge in [0.05, 0.1) is 0 Å². The lowest BCUT2D eigenvalue weighted by atomic mass is 9.49. The summed E-state index contributed by atoms with van der Waals surface area (Å²) in [5.41, 5.74) is -0.194. The highest BCUT2D eigenvalue weighted by Crippen LogP contribution is 2.60. The fraction of sp³-hybridized carbons (Fsp3) is 0.789. The van der Waals surface area contributed by atoms with Gasteiger partial charge in [-0.25, -0.2) is 0 Å². The zero-order valence-electron chi connectivity index (χ0n) is 14.4. The molecule has 128 valence electrons. The molecule has 2 amide bonds. The standard InChI is InChI=1S/C19H30N2O2/c1-4-5-20-17(22)16(12(2)3)21-18(23)19-9-13-6-14(10-19)8-15(7-13)11-19/h4,12-16H,1,5-11H2,2-3H3,(H,20,22)(H,21,23). The molecule has 23 heavy (non-hydrogen) atoms. The van der Waals surface area contributed by atoms with Crippen LogP contribution in [-0.4, -0.2) is 24.4 Å². The fourth-order valence-electron chi connectivity index (χ4n) is 5.50. The number of carbonyl (C=O) groups is 2. The van der Waals surface area contributed by atoms with E-state index in [9.17, 15) is 9.59 Å². The topological polar surface area (TPSA) is 58.2 Å². The predicted molar refractivity (Wildman–Crippen MR) is 90.6 cm³/mol. The Morgan fingerprint density at radius 3 is 2.09 bits per heavy atom. The molecule has 4 fully saturated rings. The summed E-state index contributed by atoms with van der Waals surface area (Å²) in [6.45, 7) is 8.03. The number of hydrogen-bond donors (Lipinski definition) is 2. The van der Waals surface area contributed by atoms with Gasteiger partial charge in [-0.1, -0.05) is 19.9 Å². The van der Waals surface area contributed by atoms with Crippen molar-refractivity contribution >= 4 is 11.8 Å². The number of carbonyl (C=O) groups excluding carboxylic acids is 2. The molecule has 0 saturated heterocycles. The molecule has 4 saturated carbocycles. The maximum Gasteiger partial charge on any atom is 0.243 e. The Bertz CT molecular complexity index is 462. The van der Waals surface area contributed by atoms with Crippen molar-refractivity contribution in [2.75, 3.05) is 6.54 Å². The lowest BCUT2D eigenvalue weighted by Crippen LogP contribution is -2.58. The molecule has 0 spiro atoms. The van der Waals surface area contributed by atoms with E-state index in [-0.39, 0.29) is 23.1 Å². The third kappa shape index (κ3) is 3.17. The van der Waals surface area contributed by atoms with Crippen LogP contribution < -0.4 is 10.6 Å². The third-order valence-corrected chi connectivity index (χ3v) is 6.18. The van der Waals surface area contributed by atoms with Crippen molar-refractivity contribution in [3.05, 3.63) is 12.7 Å². The van der Waals surface area contributed by atoms with Crippen molar-refractivity contribution in [1.82, 2.24) is 10.6 Å². The van der Waals surface area contributed by atoms with E-state index in [4.69, 9.17) is 0 Å². The Hall–Kier alpha value is -1.32. The molecule has 0 aromatic carbocycles. The number of amides is 2. The first-order chi connectivity index (χ1) is 10.9. The minimum Gasteiger partial charge on any atom is -0.351 e. The molecule has 4 rings (SSSR count). The van der Waals surface area contributed by atoms with Gasteiger partial charge in [0.1, 0.15) is 6.04 Å². The molecule has 2 N–H and O–H groups in total. The molecule has 4 bridgehead atoms. The number of rotatable bonds is 6.